The number of benzene rings is 1. The van der Waals surface area contributed by atoms with Crippen LogP contribution in [0.5, 0.6) is 0 Å². The molecule has 0 bridgehead atoms. The fraction of sp³-hybridized carbons (Fsp3) is 0. The molecule has 0 aliphatic carbocycles. The number of carbonyl (C=O) groups excluding carboxylic acids is 3. The van der Waals surface area contributed by atoms with Crippen LogP contribution in [0.25, 0.3) is 0 Å². The Balaban J connectivity index is -0.000000361. The van der Waals surface area contributed by atoms with E-state index in [2.05, 4.69) is 36.5 Å². The van der Waals surface area contributed by atoms with Crippen LogP contribution < -0.4 is 125 Å². The van der Waals surface area contributed by atoms with Crippen molar-refractivity contribution in [3.8, 4) is 0 Å². The predicted octanol–water partition coefficient (Wildman–Crippen LogP) is -6.29. The summed E-state index contributed by atoms with van der Waals surface area (Å²) in [5, 5.41) is -1.35. The molecule has 1 aromatic rings. The molecule has 7 nitrogen and oxygen atoms in total. The summed E-state index contributed by atoms with van der Waals surface area (Å²) in [6, 6.07) is 8.51. The van der Waals surface area contributed by atoms with E-state index in [1.807, 2.05) is 5.43 Å². The summed E-state index contributed by atoms with van der Waals surface area (Å²) in [7, 11) is 0. The Labute approximate surface area is 212 Å². The molecule has 1 aromatic carbocycles. The molecular weight excluding hydrogens is 354 g/mol. The summed E-state index contributed by atoms with van der Waals surface area (Å²) in [6.07, 6.45) is 0. The molecule has 0 aliphatic heterocycles. The Hall–Kier alpha value is 1.30. The van der Waals surface area contributed by atoms with Gasteiger partial charge in [-0.25, -0.2) is 5.84 Å². The van der Waals surface area contributed by atoms with Gasteiger partial charge in [0.15, 0.2) is 0 Å². The standard InChI is InChI=1S/C8H8N2O2S.CH4N2OS.2K/c11-7(9-10-8(12)13)6-4-2-1-3-5-6;2-3-1(4)5;;/h1-5H,(H,9,11)(H2,10,12,13);2H2,(H2,3,4,5);;/q;;2*+1/p-2. The van der Waals surface area contributed by atoms with Gasteiger partial charge in [-0.05, 0) is 12.1 Å². The zero-order chi connectivity index (χ0) is 14.0. The molecule has 0 saturated carbocycles. The molecule has 0 radical (unpaired) electrons. The van der Waals surface area contributed by atoms with Gasteiger partial charge in [0, 0.05) is 5.56 Å². The van der Waals surface area contributed by atoms with Crippen molar-refractivity contribution in [2.24, 2.45) is 5.84 Å². The topological polar surface area (TPSA) is 113 Å². The molecule has 98 valence electrons. The summed E-state index contributed by atoms with van der Waals surface area (Å²) >= 11 is 8.09. The summed E-state index contributed by atoms with van der Waals surface area (Å²) in [5.74, 6) is 4.08. The minimum absolute atomic E-state index is 0. The number of hydrogen-bond donors (Lipinski definition) is 4. The molecule has 1 rings (SSSR count). The van der Waals surface area contributed by atoms with Crippen molar-refractivity contribution in [1.29, 1.82) is 0 Å². The zero-order valence-electron chi connectivity index (χ0n) is 11.0. The SMILES string of the molecule is NNC(=O)[S-].O=C([S-])NNC(=O)c1ccccc1.[K+].[K+]. The molecule has 0 atom stereocenters. The minimum atomic E-state index is -0.718. The van der Waals surface area contributed by atoms with Crippen molar-refractivity contribution >= 4 is 41.6 Å². The number of rotatable bonds is 1. The maximum atomic E-state index is 11.2. The van der Waals surface area contributed by atoms with Gasteiger partial charge < -0.3 is 40.3 Å². The molecule has 3 amide bonds. The van der Waals surface area contributed by atoms with E-state index in [4.69, 9.17) is 0 Å². The molecule has 11 heteroatoms. The fourth-order valence-corrected chi connectivity index (χ4v) is 0.821. The van der Waals surface area contributed by atoms with E-state index >= 15 is 0 Å². The third-order valence-corrected chi connectivity index (χ3v) is 1.65. The molecule has 0 fully saturated rings. The average molecular weight is 365 g/mol. The predicted molar refractivity (Wildman–Crippen MR) is 69.9 cm³/mol. The maximum absolute atomic E-state index is 11.2. The molecule has 0 aromatic heterocycles. The molecule has 0 saturated heterocycles. The second-order valence-electron chi connectivity index (χ2n) is 2.66. The first kappa shape index (κ1) is 26.2. The van der Waals surface area contributed by atoms with Gasteiger partial charge in [0.1, 0.15) is 10.5 Å². The van der Waals surface area contributed by atoms with Gasteiger partial charge in [0.25, 0.3) is 5.91 Å². The smallest absolute Gasteiger partial charge is 0.718 e. The number of hydrazine groups is 2. The molecular formula is C9H10K2N4O3S2. The van der Waals surface area contributed by atoms with Crippen LogP contribution in [0.15, 0.2) is 30.3 Å². The first-order valence-corrected chi connectivity index (χ1v) is 5.29. The second-order valence-corrected chi connectivity index (χ2v) is 3.41. The van der Waals surface area contributed by atoms with Crippen LogP contribution in [0.2, 0.25) is 0 Å². The Bertz CT molecular complexity index is 423. The van der Waals surface area contributed by atoms with E-state index in [9.17, 15) is 14.4 Å². The van der Waals surface area contributed by atoms with Crippen LogP contribution in [-0.4, -0.2) is 16.4 Å². The molecule has 0 heterocycles. The quantitative estimate of drug-likeness (QED) is 0.130. The van der Waals surface area contributed by atoms with Gasteiger partial charge in [-0.3, -0.25) is 15.6 Å². The van der Waals surface area contributed by atoms with Crippen LogP contribution in [-0.2, 0) is 25.3 Å². The largest absolute Gasteiger partial charge is 1.00 e. The van der Waals surface area contributed by atoms with Gasteiger partial charge in [-0.2, -0.15) is 0 Å². The monoisotopic (exact) mass is 364 g/mol. The van der Waals surface area contributed by atoms with Crippen molar-refractivity contribution in [3.63, 3.8) is 0 Å². The Morgan fingerprint density at radius 2 is 1.35 bits per heavy atom. The van der Waals surface area contributed by atoms with Crippen molar-refractivity contribution in [2.45, 2.75) is 0 Å². The van der Waals surface area contributed by atoms with Crippen LogP contribution >= 0.6 is 0 Å². The number of amides is 3. The van der Waals surface area contributed by atoms with Crippen LogP contribution in [0.1, 0.15) is 10.4 Å². The molecule has 0 aliphatic rings. The number of carbonyl (C=O) groups is 3. The van der Waals surface area contributed by atoms with Crippen molar-refractivity contribution in [2.75, 3.05) is 0 Å². The molecule has 20 heavy (non-hydrogen) atoms. The van der Waals surface area contributed by atoms with E-state index in [1.165, 1.54) is 0 Å². The summed E-state index contributed by atoms with van der Waals surface area (Å²) in [4.78, 5) is 30.8. The van der Waals surface area contributed by atoms with Gasteiger partial charge in [0.05, 0.1) is 0 Å². The molecule has 0 unspecified atom stereocenters. The number of nitrogens with two attached hydrogens (primary N) is 1. The normalized spacial score (nSPS) is 7.45. The Kier molecular flexibility index (Phi) is 21.8. The molecule has 0 spiro atoms. The van der Waals surface area contributed by atoms with Gasteiger partial charge in [-0.1, -0.05) is 18.2 Å². The van der Waals surface area contributed by atoms with Crippen molar-refractivity contribution in [3.05, 3.63) is 35.9 Å². The first-order chi connectivity index (χ1) is 8.47. The Morgan fingerprint density at radius 1 is 0.900 bits per heavy atom. The summed E-state index contributed by atoms with van der Waals surface area (Å²) in [6.45, 7) is 0. The average Bonchev–Trinajstić information content (AvgIpc) is 2.37. The summed E-state index contributed by atoms with van der Waals surface area (Å²) in [5.41, 5.74) is 6.34. The third-order valence-electron chi connectivity index (χ3n) is 1.43. The first-order valence-electron chi connectivity index (χ1n) is 4.47. The van der Waals surface area contributed by atoms with E-state index in [1.54, 1.807) is 35.8 Å². The van der Waals surface area contributed by atoms with E-state index < -0.39 is 10.5 Å². The number of hydrogen-bond acceptors (Lipinski definition) is 6. The number of nitrogens with one attached hydrogen (secondary N) is 3. The van der Waals surface area contributed by atoms with E-state index in [0.717, 1.165) is 0 Å². The maximum Gasteiger partial charge on any atom is 1.00 e. The van der Waals surface area contributed by atoms with Crippen molar-refractivity contribution in [1.82, 2.24) is 16.3 Å². The third kappa shape index (κ3) is 15.7. The second kappa shape index (κ2) is 16.7. The van der Waals surface area contributed by atoms with Gasteiger partial charge >= 0.3 is 103 Å². The van der Waals surface area contributed by atoms with Crippen molar-refractivity contribution < 1.29 is 117 Å². The van der Waals surface area contributed by atoms with Crippen LogP contribution in [0.3, 0.4) is 0 Å². The fourth-order valence-electron chi connectivity index (χ4n) is 0.769. The molecule has 5 N–H and O–H groups in total. The van der Waals surface area contributed by atoms with Crippen LogP contribution in [0, 0.1) is 0 Å². The summed E-state index contributed by atoms with van der Waals surface area (Å²) < 4.78 is 0. The minimum Gasteiger partial charge on any atom is -0.718 e. The van der Waals surface area contributed by atoms with Gasteiger partial charge in [0.2, 0.25) is 0 Å². The van der Waals surface area contributed by atoms with E-state index in [0.29, 0.717) is 5.56 Å². The van der Waals surface area contributed by atoms with Crippen LogP contribution in [0.4, 0.5) is 9.59 Å². The van der Waals surface area contributed by atoms with E-state index in [-0.39, 0.29) is 109 Å². The zero-order valence-corrected chi connectivity index (χ0v) is 18.9. The van der Waals surface area contributed by atoms with Gasteiger partial charge in [-0.15, -0.1) is 0 Å². The Morgan fingerprint density at radius 3 is 1.70 bits per heavy atom.